The molecule has 0 aliphatic heterocycles. The van der Waals surface area contributed by atoms with E-state index in [9.17, 15) is 5.26 Å². The lowest BCUT2D eigenvalue weighted by molar-refractivity contribution is 0.129. The first-order valence-electron chi connectivity index (χ1n) is 8.58. The molecule has 0 heterocycles. The van der Waals surface area contributed by atoms with Crippen LogP contribution in [0.5, 0.6) is 0 Å². The minimum absolute atomic E-state index is 0.381. The van der Waals surface area contributed by atoms with Crippen molar-refractivity contribution in [3.8, 4) is 6.07 Å². The third-order valence-electron chi connectivity index (χ3n) is 4.08. The van der Waals surface area contributed by atoms with E-state index in [0.717, 1.165) is 16.7 Å². The normalized spacial score (nSPS) is 12.2. The number of benzene rings is 3. The molecule has 128 valence electrons. The Kier molecular flexibility index (Phi) is 6.17. The van der Waals surface area contributed by atoms with Gasteiger partial charge in [-0.05, 0) is 16.7 Å². The van der Waals surface area contributed by atoms with Crippen molar-refractivity contribution in [2.24, 2.45) is 5.16 Å². The predicted octanol–water partition coefficient (Wildman–Crippen LogP) is 5.11. The minimum atomic E-state index is -0.438. The fourth-order valence-corrected chi connectivity index (χ4v) is 2.74. The maximum Gasteiger partial charge on any atom is 0.142 e. The first-order chi connectivity index (χ1) is 12.9. The molecule has 0 aromatic heterocycles. The first-order valence-corrected chi connectivity index (χ1v) is 8.58. The zero-order valence-corrected chi connectivity index (χ0v) is 14.5. The van der Waals surface area contributed by atoms with Crippen molar-refractivity contribution in [1.29, 1.82) is 5.26 Å². The van der Waals surface area contributed by atoms with Gasteiger partial charge in [0.1, 0.15) is 12.5 Å². The van der Waals surface area contributed by atoms with Crippen molar-refractivity contribution in [1.82, 2.24) is 0 Å². The second-order valence-electron chi connectivity index (χ2n) is 5.98. The lowest BCUT2D eigenvalue weighted by Gasteiger charge is -2.13. The molecule has 3 aromatic carbocycles. The highest BCUT2D eigenvalue weighted by Gasteiger charge is 2.19. The van der Waals surface area contributed by atoms with Crippen LogP contribution in [0.25, 0.3) is 0 Å². The molecule has 3 rings (SSSR count). The predicted molar refractivity (Wildman–Crippen MR) is 104 cm³/mol. The summed E-state index contributed by atoms with van der Waals surface area (Å²) in [4.78, 5) is 5.60. The van der Waals surface area contributed by atoms with E-state index < -0.39 is 5.92 Å². The summed E-state index contributed by atoms with van der Waals surface area (Å²) in [5.74, 6) is -0.438. The van der Waals surface area contributed by atoms with Crippen LogP contribution in [0.15, 0.2) is 96.2 Å². The average molecular weight is 340 g/mol. The number of hydrogen-bond acceptors (Lipinski definition) is 3. The number of rotatable bonds is 7. The van der Waals surface area contributed by atoms with Crippen LogP contribution >= 0.6 is 0 Å². The van der Waals surface area contributed by atoms with Crippen LogP contribution < -0.4 is 0 Å². The van der Waals surface area contributed by atoms with Crippen LogP contribution in [-0.4, -0.2) is 5.71 Å². The third-order valence-corrected chi connectivity index (χ3v) is 4.08. The molecule has 0 saturated heterocycles. The molecular formula is C23H20N2O. The number of nitriles is 1. The number of oxime groups is 1. The van der Waals surface area contributed by atoms with Crippen molar-refractivity contribution in [2.45, 2.75) is 18.9 Å². The lowest BCUT2D eigenvalue weighted by Crippen LogP contribution is -2.15. The van der Waals surface area contributed by atoms with Crippen molar-refractivity contribution in [3.63, 3.8) is 0 Å². The maximum atomic E-state index is 9.76. The van der Waals surface area contributed by atoms with Gasteiger partial charge in [0.2, 0.25) is 0 Å². The quantitative estimate of drug-likeness (QED) is 0.443. The van der Waals surface area contributed by atoms with E-state index in [0.29, 0.717) is 18.7 Å². The molecule has 26 heavy (non-hydrogen) atoms. The van der Waals surface area contributed by atoms with E-state index in [1.165, 1.54) is 0 Å². The van der Waals surface area contributed by atoms with Gasteiger partial charge in [-0.25, -0.2) is 0 Å². The molecule has 3 nitrogen and oxygen atoms in total. The maximum absolute atomic E-state index is 9.76. The SMILES string of the molecule is N#CC(/C(Cc1ccccc1)=N/OCc1ccccc1)c1ccccc1. The topological polar surface area (TPSA) is 45.4 Å². The third kappa shape index (κ3) is 4.81. The lowest BCUT2D eigenvalue weighted by atomic mass is 9.91. The van der Waals surface area contributed by atoms with E-state index in [1.54, 1.807) is 0 Å². The molecule has 0 radical (unpaired) electrons. The Morgan fingerprint density at radius 2 is 1.35 bits per heavy atom. The zero-order valence-electron chi connectivity index (χ0n) is 14.5. The summed E-state index contributed by atoms with van der Waals surface area (Å²) in [5, 5.41) is 14.1. The van der Waals surface area contributed by atoms with E-state index in [1.807, 2.05) is 91.0 Å². The molecule has 0 N–H and O–H groups in total. The summed E-state index contributed by atoms with van der Waals surface area (Å²) in [6, 6.07) is 32.0. The van der Waals surface area contributed by atoms with E-state index in [-0.39, 0.29) is 0 Å². The Morgan fingerprint density at radius 1 is 0.808 bits per heavy atom. The molecule has 0 spiro atoms. The Hall–Kier alpha value is -3.38. The fraction of sp³-hybridized carbons (Fsp3) is 0.130. The molecular weight excluding hydrogens is 320 g/mol. The highest BCUT2D eigenvalue weighted by molar-refractivity contribution is 5.94. The Morgan fingerprint density at radius 3 is 1.92 bits per heavy atom. The van der Waals surface area contributed by atoms with Gasteiger partial charge in [-0.3, -0.25) is 0 Å². The van der Waals surface area contributed by atoms with Crippen LogP contribution in [0.4, 0.5) is 0 Å². The highest BCUT2D eigenvalue weighted by atomic mass is 16.6. The standard InChI is InChI=1S/C23H20N2O/c24-17-22(21-14-8-3-9-15-21)23(16-19-10-4-1-5-11-19)25-26-18-20-12-6-2-7-13-20/h1-15,22H,16,18H2/b25-23+. The summed E-state index contributed by atoms with van der Waals surface area (Å²) in [7, 11) is 0. The van der Waals surface area contributed by atoms with Crippen molar-refractivity contribution < 1.29 is 4.84 Å². The summed E-state index contributed by atoms with van der Waals surface area (Å²) < 4.78 is 0. The summed E-state index contributed by atoms with van der Waals surface area (Å²) >= 11 is 0. The van der Waals surface area contributed by atoms with E-state index in [2.05, 4.69) is 11.2 Å². The Balaban J connectivity index is 1.83. The molecule has 0 bridgehead atoms. The van der Waals surface area contributed by atoms with E-state index >= 15 is 0 Å². The van der Waals surface area contributed by atoms with Gasteiger partial charge < -0.3 is 4.84 Å². The summed E-state index contributed by atoms with van der Waals surface area (Å²) in [6.45, 7) is 0.381. The van der Waals surface area contributed by atoms with Crippen LogP contribution in [0.3, 0.4) is 0 Å². The molecule has 1 atom stereocenters. The smallest absolute Gasteiger partial charge is 0.142 e. The number of hydrogen-bond donors (Lipinski definition) is 0. The molecule has 1 unspecified atom stereocenters. The molecule has 0 saturated carbocycles. The molecule has 0 fully saturated rings. The Labute approximate surface area is 154 Å². The van der Waals surface area contributed by atoms with Crippen LogP contribution in [-0.2, 0) is 17.9 Å². The van der Waals surface area contributed by atoms with Crippen molar-refractivity contribution in [3.05, 3.63) is 108 Å². The summed E-state index contributed by atoms with van der Waals surface area (Å²) in [5.41, 5.74) is 3.78. The minimum Gasteiger partial charge on any atom is -0.391 e. The number of nitrogens with zero attached hydrogens (tertiary/aromatic N) is 2. The molecule has 0 amide bonds. The summed E-state index contributed by atoms with van der Waals surface area (Å²) in [6.07, 6.45) is 0.572. The highest BCUT2D eigenvalue weighted by Crippen LogP contribution is 2.20. The van der Waals surface area contributed by atoms with Gasteiger partial charge in [0.05, 0.1) is 11.8 Å². The largest absolute Gasteiger partial charge is 0.391 e. The molecule has 0 aliphatic carbocycles. The average Bonchev–Trinajstić information content (AvgIpc) is 2.71. The van der Waals surface area contributed by atoms with Crippen LogP contribution in [0.1, 0.15) is 22.6 Å². The van der Waals surface area contributed by atoms with Gasteiger partial charge in [0.25, 0.3) is 0 Å². The second-order valence-corrected chi connectivity index (χ2v) is 5.98. The van der Waals surface area contributed by atoms with Crippen LogP contribution in [0.2, 0.25) is 0 Å². The Bertz CT molecular complexity index is 868. The van der Waals surface area contributed by atoms with Gasteiger partial charge in [0.15, 0.2) is 0 Å². The molecule has 3 aromatic rings. The fourth-order valence-electron chi connectivity index (χ4n) is 2.74. The van der Waals surface area contributed by atoms with Gasteiger partial charge in [-0.15, -0.1) is 0 Å². The van der Waals surface area contributed by atoms with Gasteiger partial charge >= 0.3 is 0 Å². The van der Waals surface area contributed by atoms with Gasteiger partial charge in [-0.2, -0.15) is 5.26 Å². The molecule has 0 aliphatic rings. The van der Waals surface area contributed by atoms with Gasteiger partial charge in [-0.1, -0.05) is 96.2 Å². The van der Waals surface area contributed by atoms with Crippen molar-refractivity contribution >= 4 is 5.71 Å². The van der Waals surface area contributed by atoms with Crippen LogP contribution in [0, 0.1) is 11.3 Å². The second kappa shape index (κ2) is 9.19. The van der Waals surface area contributed by atoms with Crippen molar-refractivity contribution in [2.75, 3.05) is 0 Å². The first kappa shape index (κ1) is 17.4. The monoisotopic (exact) mass is 340 g/mol. The van der Waals surface area contributed by atoms with E-state index in [4.69, 9.17) is 4.84 Å². The molecule has 3 heteroatoms. The zero-order chi connectivity index (χ0) is 18.0. The van der Waals surface area contributed by atoms with Gasteiger partial charge in [0, 0.05) is 6.42 Å².